The van der Waals surface area contributed by atoms with E-state index in [9.17, 15) is 8.42 Å². The van der Waals surface area contributed by atoms with Gasteiger partial charge in [-0.15, -0.1) is 0 Å². The van der Waals surface area contributed by atoms with Crippen LogP contribution in [0.4, 0.5) is 5.69 Å². The number of hydrogen-bond acceptors (Lipinski definition) is 4. The Kier molecular flexibility index (Phi) is 3.85. The van der Waals surface area contributed by atoms with Gasteiger partial charge in [-0.05, 0) is 74.3 Å². The average Bonchev–Trinajstić information content (AvgIpc) is 2.75. The fourth-order valence-electron chi connectivity index (χ4n) is 3.85. The molecule has 2 aliphatic rings. The minimum atomic E-state index is -3.47. The number of aryl methyl sites for hydroxylation is 1. The van der Waals surface area contributed by atoms with Crippen LogP contribution in [0.15, 0.2) is 52.3 Å². The van der Waals surface area contributed by atoms with E-state index >= 15 is 0 Å². The van der Waals surface area contributed by atoms with E-state index in [0.717, 1.165) is 42.7 Å². The average molecular weight is 342 g/mol. The highest BCUT2D eigenvalue weighted by molar-refractivity contribution is 7.91. The summed E-state index contributed by atoms with van der Waals surface area (Å²) >= 11 is 0. The second-order valence-electron chi connectivity index (χ2n) is 6.75. The number of sulfone groups is 1. The summed E-state index contributed by atoms with van der Waals surface area (Å²) in [5, 5.41) is 6.99. The van der Waals surface area contributed by atoms with Gasteiger partial charge in [0.05, 0.1) is 9.79 Å². The molecule has 2 atom stereocenters. The van der Waals surface area contributed by atoms with Crippen LogP contribution in [-0.4, -0.2) is 27.5 Å². The third-order valence-electron chi connectivity index (χ3n) is 5.12. The number of hydrogen-bond donors (Lipinski definition) is 2. The minimum Gasteiger partial charge on any atom is -0.381 e. The van der Waals surface area contributed by atoms with Gasteiger partial charge in [0.1, 0.15) is 0 Å². The Morgan fingerprint density at radius 1 is 1.00 bits per heavy atom. The topological polar surface area (TPSA) is 58.2 Å². The Hall–Kier alpha value is -1.85. The molecule has 2 heterocycles. The van der Waals surface area contributed by atoms with E-state index in [2.05, 4.69) is 10.6 Å². The third-order valence-corrected chi connectivity index (χ3v) is 6.87. The van der Waals surface area contributed by atoms with Gasteiger partial charge in [-0.3, -0.25) is 0 Å². The van der Waals surface area contributed by atoms with Crippen molar-refractivity contribution < 1.29 is 8.42 Å². The van der Waals surface area contributed by atoms with Crippen molar-refractivity contribution >= 4 is 15.5 Å². The molecule has 1 saturated heterocycles. The van der Waals surface area contributed by atoms with Crippen LogP contribution in [-0.2, 0) is 9.84 Å². The summed E-state index contributed by atoms with van der Waals surface area (Å²) in [4.78, 5) is 0.763. The zero-order chi connectivity index (χ0) is 16.7. The maximum Gasteiger partial charge on any atom is 0.206 e. The van der Waals surface area contributed by atoms with Crippen LogP contribution in [0, 0.1) is 6.92 Å². The van der Waals surface area contributed by atoms with Crippen LogP contribution in [0.1, 0.15) is 29.9 Å². The normalized spacial score (nSPS) is 23.0. The molecule has 0 aromatic heterocycles. The van der Waals surface area contributed by atoms with E-state index < -0.39 is 9.84 Å². The van der Waals surface area contributed by atoms with Crippen molar-refractivity contribution in [2.45, 2.75) is 41.5 Å². The minimum absolute atomic E-state index is 0.368. The lowest BCUT2D eigenvalue weighted by atomic mass is 9.91. The van der Waals surface area contributed by atoms with Crippen molar-refractivity contribution in [3.8, 4) is 0 Å². The first-order valence-corrected chi connectivity index (χ1v) is 9.97. The van der Waals surface area contributed by atoms with E-state index in [4.69, 9.17) is 0 Å². The molecule has 2 N–H and O–H groups in total. The predicted octanol–water partition coefficient (Wildman–Crippen LogP) is 3.09. The maximum atomic E-state index is 13.0. The Labute approximate surface area is 143 Å². The van der Waals surface area contributed by atoms with Crippen LogP contribution >= 0.6 is 0 Å². The number of anilines is 1. The molecule has 0 spiro atoms. The van der Waals surface area contributed by atoms with Crippen molar-refractivity contribution in [3.05, 3.63) is 53.6 Å². The SMILES string of the molecule is Cc1cccc(S(=O)(=O)c2ccc3c(c2)[C@H]2CCNCC[C@H]2N3)c1. The second-order valence-corrected chi connectivity index (χ2v) is 8.70. The third kappa shape index (κ3) is 2.62. The summed E-state index contributed by atoms with van der Waals surface area (Å²) in [7, 11) is -3.47. The molecule has 0 bridgehead atoms. The van der Waals surface area contributed by atoms with Gasteiger partial charge < -0.3 is 10.6 Å². The van der Waals surface area contributed by atoms with E-state index in [1.165, 1.54) is 0 Å². The van der Waals surface area contributed by atoms with Gasteiger partial charge in [-0.1, -0.05) is 12.1 Å². The maximum absolute atomic E-state index is 13.0. The quantitative estimate of drug-likeness (QED) is 0.880. The fraction of sp³-hybridized carbons (Fsp3) is 0.368. The summed E-state index contributed by atoms with van der Waals surface area (Å²) in [6, 6.07) is 13.1. The van der Waals surface area contributed by atoms with Gasteiger partial charge in [-0.2, -0.15) is 0 Å². The molecule has 2 aromatic rings. The number of rotatable bonds is 2. The van der Waals surface area contributed by atoms with Crippen molar-refractivity contribution in [2.24, 2.45) is 0 Å². The Balaban J connectivity index is 1.75. The highest BCUT2D eigenvalue weighted by Crippen LogP contribution is 2.41. The van der Waals surface area contributed by atoms with E-state index in [-0.39, 0.29) is 0 Å². The molecular formula is C19H22N2O2S. The lowest BCUT2D eigenvalue weighted by molar-refractivity contribution is 0.576. The molecule has 2 aliphatic heterocycles. The van der Waals surface area contributed by atoms with E-state index in [1.54, 1.807) is 24.3 Å². The van der Waals surface area contributed by atoms with E-state index in [1.807, 2.05) is 25.1 Å². The first-order valence-electron chi connectivity index (χ1n) is 8.49. The second kappa shape index (κ2) is 5.90. The smallest absolute Gasteiger partial charge is 0.206 e. The number of benzene rings is 2. The summed E-state index contributed by atoms with van der Waals surface area (Å²) in [5.74, 6) is 0.391. The summed E-state index contributed by atoms with van der Waals surface area (Å²) < 4.78 is 26.0. The lowest BCUT2D eigenvalue weighted by Gasteiger charge is -2.16. The number of fused-ring (bicyclic) bond motifs is 3. The summed E-state index contributed by atoms with van der Waals surface area (Å²) in [6.07, 6.45) is 2.11. The fourth-order valence-corrected chi connectivity index (χ4v) is 5.25. The molecule has 4 nitrogen and oxygen atoms in total. The zero-order valence-electron chi connectivity index (χ0n) is 13.7. The summed E-state index contributed by atoms with van der Waals surface area (Å²) in [6.45, 7) is 3.91. The van der Waals surface area contributed by atoms with Crippen LogP contribution in [0.25, 0.3) is 0 Å². The Bertz CT molecular complexity index is 877. The van der Waals surface area contributed by atoms with Gasteiger partial charge in [-0.25, -0.2) is 8.42 Å². The molecule has 4 rings (SSSR count). The molecule has 0 unspecified atom stereocenters. The van der Waals surface area contributed by atoms with Crippen LogP contribution < -0.4 is 10.6 Å². The largest absolute Gasteiger partial charge is 0.381 e. The van der Waals surface area contributed by atoms with E-state index in [0.29, 0.717) is 21.8 Å². The molecule has 5 heteroatoms. The molecule has 0 saturated carbocycles. The number of nitrogens with one attached hydrogen (secondary N) is 2. The van der Waals surface area contributed by atoms with Crippen molar-refractivity contribution in [1.82, 2.24) is 5.32 Å². The molecule has 0 amide bonds. The highest BCUT2D eigenvalue weighted by Gasteiger charge is 2.34. The van der Waals surface area contributed by atoms with Crippen molar-refractivity contribution in [1.29, 1.82) is 0 Å². The van der Waals surface area contributed by atoms with Crippen molar-refractivity contribution in [3.63, 3.8) is 0 Å². The molecule has 0 radical (unpaired) electrons. The molecule has 24 heavy (non-hydrogen) atoms. The van der Waals surface area contributed by atoms with Gasteiger partial charge >= 0.3 is 0 Å². The van der Waals surface area contributed by atoms with Crippen LogP contribution in [0.3, 0.4) is 0 Å². The molecule has 126 valence electrons. The van der Waals surface area contributed by atoms with Crippen LogP contribution in [0.2, 0.25) is 0 Å². The zero-order valence-corrected chi connectivity index (χ0v) is 14.6. The summed E-state index contributed by atoms with van der Waals surface area (Å²) in [5.41, 5.74) is 3.20. The molecule has 1 fully saturated rings. The van der Waals surface area contributed by atoms with Gasteiger partial charge in [0, 0.05) is 17.6 Å². The standard InChI is InChI=1S/C19H22N2O2S/c1-13-3-2-4-14(11-13)24(22,23)15-5-6-18-17(12-15)16-7-9-20-10-8-19(16)21-18/h2-6,11-12,16,19-21H,7-10H2,1H3/t16-,19-/m1/s1. The monoisotopic (exact) mass is 342 g/mol. The molecule has 0 aliphatic carbocycles. The Morgan fingerprint density at radius 3 is 2.62 bits per heavy atom. The van der Waals surface area contributed by atoms with Crippen molar-refractivity contribution in [2.75, 3.05) is 18.4 Å². The van der Waals surface area contributed by atoms with Gasteiger partial charge in [0.2, 0.25) is 9.84 Å². The predicted molar refractivity (Wildman–Crippen MR) is 95.3 cm³/mol. The molecule has 2 aromatic carbocycles. The first-order chi connectivity index (χ1) is 11.6. The van der Waals surface area contributed by atoms with Gasteiger partial charge in [0.15, 0.2) is 0 Å². The highest BCUT2D eigenvalue weighted by atomic mass is 32.2. The Morgan fingerprint density at radius 2 is 1.79 bits per heavy atom. The van der Waals surface area contributed by atoms with Crippen LogP contribution in [0.5, 0.6) is 0 Å². The van der Waals surface area contributed by atoms with Gasteiger partial charge in [0.25, 0.3) is 0 Å². The molecular weight excluding hydrogens is 320 g/mol. The lowest BCUT2D eigenvalue weighted by Crippen LogP contribution is -2.21. The first kappa shape index (κ1) is 15.7.